The summed E-state index contributed by atoms with van der Waals surface area (Å²) in [6.45, 7) is 1.10. The summed E-state index contributed by atoms with van der Waals surface area (Å²) < 4.78 is 12.4. The molecule has 0 bridgehead atoms. The summed E-state index contributed by atoms with van der Waals surface area (Å²) in [4.78, 5) is 0. The number of anilines is 1. The summed E-state index contributed by atoms with van der Waals surface area (Å²) in [5, 5.41) is 4.38. The van der Waals surface area contributed by atoms with E-state index in [4.69, 9.17) is 32.7 Å². The third-order valence-electron chi connectivity index (χ3n) is 3.95. The number of rotatable bonds is 7. The molecule has 0 saturated heterocycles. The van der Waals surface area contributed by atoms with Gasteiger partial charge in [0, 0.05) is 16.7 Å². The first-order valence-electron chi connectivity index (χ1n) is 8.28. The predicted octanol–water partition coefficient (Wildman–Crippen LogP) is 6.96. The molecule has 0 aliphatic heterocycles. The van der Waals surface area contributed by atoms with Gasteiger partial charge in [0.1, 0.15) is 6.61 Å². The van der Waals surface area contributed by atoms with Crippen molar-refractivity contribution in [2.45, 2.75) is 13.2 Å². The van der Waals surface area contributed by atoms with E-state index < -0.39 is 0 Å². The molecule has 0 aliphatic carbocycles. The van der Waals surface area contributed by atoms with Crippen LogP contribution in [-0.2, 0) is 13.2 Å². The normalized spacial score (nSPS) is 10.5. The molecule has 3 nitrogen and oxygen atoms in total. The van der Waals surface area contributed by atoms with Gasteiger partial charge in [0.15, 0.2) is 11.5 Å². The fourth-order valence-corrected chi connectivity index (χ4v) is 3.06. The van der Waals surface area contributed by atoms with E-state index in [1.54, 1.807) is 19.2 Å². The van der Waals surface area contributed by atoms with E-state index in [2.05, 4.69) is 21.2 Å². The number of benzene rings is 3. The standard InChI is InChI=1S/C21H18BrCl2NO2/c1-26-21-10-15(12-25-17-7-8-18(23)19(24)11-17)4-9-20(21)27-13-14-2-5-16(22)6-3-14/h2-11,25H,12-13H2,1H3. The summed E-state index contributed by atoms with van der Waals surface area (Å²) >= 11 is 15.4. The molecule has 0 aromatic heterocycles. The van der Waals surface area contributed by atoms with Crippen molar-refractivity contribution in [3.8, 4) is 11.5 Å². The molecule has 1 N–H and O–H groups in total. The molecule has 0 unspecified atom stereocenters. The number of hydrogen-bond acceptors (Lipinski definition) is 3. The van der Waals surface area contributed by atoms with Gasteiger partial charge in [-0.1, -0.05) is 57.3 Å². The molecule has 0 amide bonds. The van der Waals surface area contributed by atoms with E-state index in [1.165, 1.54) is 0 Å². The summed E-state index contributed by atoms with van der Waals surface area (Å²) in [7, 11) is 1.64. The van der Waals surface area contributed by atoms with Crippen molar-refractivity contribution in [2.24, 2.45) is 0 Å². The van der Waals surface area contributed by atoms with Crippen LogP contribution in [0.3, 0.4) is 0 Å². The second kappa shape index (κ2) is 9.36. The lowest BCUT2D eigenvalue weighted by atomic mass is 10.2. The van der Waals surface area contributed by atoms with Crippen molar-refractivity contribution in [2.75, 3.05) is 12.4 Å². The molecular weight excluding hydrogens is 449 g/mol. The molecule has 140 valence electrons. The lowest BCUT2D eigenvalue weighted by Crippen LogP contribution is -2.02. The van der Waals surface area contributed by atoms with Gasteiger partial charge in [-0.3, -0.25) is 0 Å². The van der Waals surface area contributed by atoms with E-state index in [0.29, 0.717) is 34.7 Å². The van der Waals surface area contributed by atoms with Crippen LogP contribution in [-0.4, -0.2) is 7.11 Å². The Morgan fingerprint density at radius 2 is 1.59 bits per heavy atom. The predicted molar refractivity (Wildman–Crippen MR) is 115 cm³/mol. The minimum atomic E-state index is 0.477. The molecule has 0 atom stereocenters. The zero-order chi connectivity index (χ0) is 19.2. The quantitative estimate of drug-likeness (QED) is 0.408. The first-order chi connectivity index (χ1) is 13.0. The third-order valence-corrected chi connectivity index (χ3v) is 5.22. The highest BCUT2D eigenvalue weighted by atomic mass is 79.9. The van der Waals surface area contributed by atoms with Crippen molar-refractivity contribution >= 4 is 44.8 Å². The van der Waals surface area contributed by atoms with Gasteiger partial charge in [0.25, 0.3) is 0 Å². The van der Waals surface area contributed by atoms with E-state index in [0.717, 1.165) is 21.3 Å². The maximum absolute atomic E-state index is 6.05. The molecule has 0 radical (unpaired) electrons. The maximum atomic E-state index is 6.05. The fourth-order valence-electron chi connectivity index (χ4n) is 2.49. The van der Waals surface area contributed by atoms with Crippen LogP contribution in [0.1, 0.15) is 11.1 Å². The Kier molecular flexibility index (Phi) is 6.89. The summed E-state index contributed by atoms with van der Waals surface area (Å²) in [5.41, 5.74) is 3.05. The Morgan fingerprint density at radius 1 is 0.852 bits per heavy atom. The molecule has 0 heterocycles. The van der Waals surface area contributed by atoms with Gasteiger partial charge >= 0.3 is 0 Å². The van der Waals surface area contributed by atoms with Crippen molar-refractivity contribution in [3.05, 3.63) is 86.3 Å². The monoisotopic (exact) mass is 465 g/mol. The lowest BCUT2D eigenvalue weighted by molar-refractivity contribution is 0.284. The van der Waals surface area contributed by atoms with Gasteiger partial charge in [-0.2, -0.15) is 0 Å². The average Bonchev–Trinajstić information content (AvgIpc) is 2.68. The second-order valence-electron chi connectivity index (χ2n) is 5.88. The lowest BCUT2D eigenvalue weighted by Gasteiger charge is -2.13. The Morgan fingerprint density at radius 3 is 2.30 bits per heavy atom. The van der Waals surface area contributed by atoms with Crippen molar-refractivity contribution in [1.29, 1.82) is 0 Å². The molecule has 27 heavy (non-hydrogen) atoms. The smallest absolute Gasteiger partial charge is 0.161 e. The number of nitrogens with one attached hydrogen (secondary N) is 1. The molecular formula is C21H18BrCl2NO2. The fraction of sp³-hybridized carbons (Fsp3) is 0.143. The maximum Gasteiger partial charge on any atom is 0.161 e. The van der Waals surface area contributed by atoms with Gasteiger partial charge in [-0.25, -0.2) is 0 Å². The Balaban J connectivity index is 1.64. The van der Waals surface area contributed by atoms with Crippen LogP contribution in [0.2, 0.25) is 10.0 Å². The highest BCUT2D eigenvalue weighted by molar-refractivity contribution is 9.10. The zero-order valence-corrected chi connectivity index (χ0v) is 17.7. The summed E-state index contributed by atoms with van der Waals surface area (Å²) in [6.07, 6.45) is 0. The first kappa shape index (κ1) is 19.9. The minimum Gasteiger partial charge on any atom is -0.493 e. The molecule has 3 rings (SSSR count). The average molecular weight is 467 g/mol. The molecule has 0 saturated carbocycles. The topological polar surface area (TPSA) is 30.5 Å². The molecule has 3 aromatic rings. The van der Waals surface area contributed by atoms with Crippen LogP contribution < -0.4 is 14.8 Å². The van der Waals surface area contributed by atoms with Crippen LogP contribution >= 0.6 is 39.1 Å². The van der Waals surface area contributed by atoms with Gasteiger partial charge in [-0.15, -0.1) is 0 Å². The van der Waals surface area contributed by atoms with Crippen molar-refractivity contribution < 1.29 is 9.47 Å². The van der Waals surface area contributed by atoms with Crippen LogP contribution in [0.5, 0.6) is 11.5 Å². The second-order valence-corrected chi connectivity index (χ2v) is 7.61. The largest absolute Gasteiger partial charge is 0.493 e. The Hall–Kier alpha value is -1.88. The van der Waals surface area contributed by atoms with Crippen LogP contribution in [0, 0.1) is 0 Å². The third kappa shape index (κ3) is 5.55. The molecule has 0 fully saturated rings. The highest BCUT2D eigenvalue weighted by Crippen LogP contribution is 2.30. The van der Waals surface area contributed by atoms with E-state index in [9.17, 15) is 0 Å². The molecule has 6 heteroatoms. The minimum absolute atomic E-state index is 0.477. The number of methoxy groups -OCH3 is 1. The van der Waals surface area contributed by atoms with E-state index >= 15 is 0 Å². The number of hydrogen-bond donors (Lipinski definition) is 1. The van der Waals surface area contributed by atoms with Crippen LogP contribution in [0.15, 0.2) is 65.1 Å². The highest BCUT2D eigenvalue weighted by Gasteiger charge is 2.07. The number of halogens is 3. The summed E-state index contributed by atoms with van der Waals surface area (Å²) in [6, 6.07) is 19.4. The van der Waals surface area contributed by atoms with Gasteiger partial charge in [-0.05, 0) is 53.6 Å². The SMILES string of the molecule is COc1cc(CNc2ccc(Cl)c(Cl)c2)ccc1OCc1ccc(Br)cc1. The van der Waals surface area contributed by atoms with Gasteiger partial charge in [0.05, 0.1) is 17.2 Å². The first-order valence-corrected chi connectivity index (χ1v) is 9.83. The molecule has 0 aliphatic rings. The van der Waals surface area contributed by atoms with E-state index in [-0.39, 0.29) is 0 Å². The zero-order valence-electron chi connectivity index (χ0n) is 14.6. The summed E-state index contributed by atoms with van der Waals surface area (Å²) in [5.74, 6) is 1.40. The Labute approximate surface area is 177 Å². The van der Waals surface area contributed by atoms with Crippen molar-refractivity contribution in [3.63, 3.8) is 0 Å². The van der Waals surface area contributed by atoms with Crippen molar-refractivity contribution in [1.82, 2.24) is 0 Å². The van der Waals surface area contributed by atoms with Gasteiger partial charge in [0.2, 0.25) is 0 Å². The van der Waals surface area contributed by atoms with Crippen LogP contribution in [0.4, 0.5) is 5.69 Å². The van der Waals surface area contributed by atoms with Crippen LogP contribution in [0.25, 0.3) is 0 Å². The number of ether oxygens (including phenoxy) is 2. The molecule has 3 aromatic carbocycles. The van der Waals surface area contributed by atoms with Gasteiger partial charge < -0.3 is 14.8 Å². The molecule has 0 spiro atoms. The Bertz CT molecular complexity index is 917. The van der Waals surface area contributed by atoms with E-state index in [1.807, 2.05) is 48.5 Å².